The van der Waals surface area contributed by atoms with Crippen LogP contribution in [0.2, 0.25) is 0 Å². The first-order chi connectivity index (χ1) is 13.0. The lowest BCUT2D eigenvalue weighted by atomic mass is 10.2. The number of hydrogen-bond acceptors (Lipinski definition) is 4. The predicted molar refractivity (Wildman–Crippen MR) is 99.7 cm³/mol. The van der Waals surface area contributed by atoms with Crippen molar-refractivity contribution < 1.29 is 13.2 Å². The van der Waals surface area contributed by atoms with Crippen molar-refractivity contribution in [2.24, 2.45) is 4.99 Å². The van der Waals surface area contributed by atoms with Crippen molar-refractivity contribution in [3.63, 3.8) is 0 Å². The number of halogens is 3. The van der Waals surface area contributed by atoms with Gasteiger partial charge in [0.25, 0.3) is 0 Å². The van der Waals surface area contributed by atoms with Crippen LogP contribution in [-0.2, 0) is 12.6 Å². The summed E-state index contributed by atoms with van der Waals surface area (Å²) >= 11 is 0. The zero-order chi connectivity index (χ0) is 19.5. The molecule has 146 valence electrons. The zero-order valence-corrected chi connectivity index (χ0v) is 15.1. The quantitative estimate of drug-likeness (QED) is 0.373. The fourth-order valence-corrected chi connectivity index (χ4v) is 2.24. The minimum atomic E-state index is -4.48. The van der Waals surface area contributed by atoms with Crippen molar-refractivity contribution in [3.8, 4) is 0 Å². The highest BCUT2D eigenvalue weighted by atomic mass is 19.4. The number of benzene rings is 1. The van der Waals surface area contributed by atoms with E-state index in [4.69, 9.17) is 0 Å². The Morgan fingerprint density at radius 3 is 2.56 bits per heavy atom. The number of anilines is 1. The van der Waals surface area contributed by atoms with E-state index < -0.39 is 11.9 Å². The maximum Gasteiger partial charge on any atom is 0.433 e. The van der Waals surface area contributed by atoms with Gasteiger partial charge in [-0.3, -0.25) is 4.99 Å². The maximum absolute atomic E-state index is 12.6. The molecule has 0 saturated heterocycles. The predicted octanol–water partition coefficient (Wildman–Crippen LogP) is 2.71. The highest BCUT2D eigenvalue weighted by molar-refractivity contribution is 5.79. The fourth-order valence-electron chi connectivity index (χ4n) is 2.24. The molecule has 9 heteroatoms. The average Bonchev–Trinajstić information content (AvgIpc) is 2.65. The van der Waals surface area contributed by atoms with E-state index in [2.05, 4.69) is 43.0 Å². The van der Waals surface area contributed by atoms with E-state index in [1.54, 1.807) is 0 Å². The molecule has 0 aliphatic rings. The first-order valence-corrected chi connectivity index (χ1v) is 8.69. The van der Waals surface area contributed by atoms with Crippen LogP contribution in [0.1, 0.15) is 18.2 Å². The normalized spacial score (nSPS) is 11.9. The third-order valence-corrected chi connectivity index (χ3v) is 3.50. The highest BCUT2D eigenvalue weighted by Crippen LogP contribution is 2.27. The lowest BCUT2D eigenvalue weighted by Gasteiger charge is -2.12. The van der Waals surface area contributed by atoms with Gasteiger partial charge in [-0.05, 0) is 25.0 Å². The third-order valence-electron chi connectivity index (χ3n) is 3.50. The SMILES string of the molecule is CCNC(=NCCc1ccccc1)NCCNc1nccc(C(F)(F)F)n1. The number of rotatable bonds is 8. The Labute approximate surface area is 156 Å². The molecule has 27 heavy (non-hydrogen) atoms. The molecule has 0 saturated carbocycles. The molecule has 0 amide bonds. The van der Waals surface area contributed by atoms with Crippen LogP contribution in [0, 0.1) is 0 Å². The summed E-state index contributed by atoms with van der Waals surface area (Å²) in [5, 5.41) is 9.02. The molecular weight excluding hydrogens is 357 g/mol. The van der Waals surface area contributed by atoms with Crippen molar-refractivity contribution in [1.82, 2.24) is 20.6 Å². The summed E-state index contributed by atoms with van der Waals surface area (Å²) in [6.45, 7) is 4.11. The second-order valence-corrected chi connectivity index (χ2v) is 5.61. The minimum absolute atomic E-state index is 0.0577. The Bertz CT molecular complexity index is 719. The molecule has 0 unspecified atom stereocenters. The first-order valence-electron chi connectivity index (χ1n) is 8.69. The highest BCUT2D eigenvalue weighted by Gasteiger charge is 2.32. The van der Waals surface area contributed by atoms with Gasteiger partial charge in [-0.1, -0.05) is 30.3 Å². The number of aliphatic imine (C=N–C) groups is 1. The molecule has 0 bridgehead atoms. The van der Waals surface area contributed by atoms with Crippen molar-refractivity contribution in [2.45, 2.75) is 19.5 Å². The Morgan fingerprint density at radius 2 is 1.85 bits per heavy atom. The molecule has 6 nitrogen and oxygen atoms in total. The topological polar surface area (TPSA) is 74.2 Å². The molecular formula is C18H23F3N6. The largest absolute Gasteiger partial charge is 0.433 e. The second-order valence-electron chi connectivity index (χ2n) is 5.61. The summed E-state index contributed by atoms with van der Waals surface area (Å²) in [5.74, 6) is 0.595. The molecule has 0 aliphatic carbocycles. The number of guanidine groups is 1. The molecule has 0 spiro atoms. The Morgan fingerprint density at radius 1 is 1.07 bits per heavy atom. The standard InChI is InChI=1S/C18H23F3N6/c1-2-22-16(23-10-8-14-6-4-3-5-7-14)25-12-13-26-17-24-11-9-15(27-17)18(19,20)21/h3-7,9,11H,2,8,10,12-13H2,1H3,(H2,22,23,25)(H,24,26,27). The molecule has 2 aromatic rings. The van der Waals surface area contributed by atoms with Gasteiger partial charge in [0.1, 0.15) is 5.69 Å². The van der Waals surface area contributed by atoms with E-state index in [-0.39, 0.29) is 5.95 Å². The van der Waals surface area contributed by atoms with Gasteiger partial charge in [0.05, 0.1) is 0 Å². The van der Waals surface area contributed by atoms with E-state index in [0.29, 0.717) is 32.1 Å². The van der Waals surface area contributed by atoms with Crippen LogP contribution in [0.4, 0.5) is 19.1 Å². The van der Waals surface area contributed by atoms with Gasteiger partial charge in [0, 0.05) is 32.4 Å². The molecule has 3 N–H and O–H groups in total. The van der Waals surface area contributed by atoms with E-state index in [9.17, 15) is 13.2 Å². The van der Waals surface area contributed by atoms with E-state index in [1.165, 1.54) is 5.56 Å². The zero-order valence-electron chi connectivity index (χ0n) is 15.1. The summed E-state index contributed by atoms with van der Waals surface area (Å²) < 4.78 is 37.9. The molecule has 0 aliphatic heterocycles. The van der Waals surface area contributed by atoms with Crippen molar-refractivity contribution >= 4 is 11.9 Å². The lowest BCUT2D eigenvalue weighted by molar-refractivity contribution is -0.141. The molecule has 1 aromatic heterocycles. The summed E-state index contributed by atoms with van der Waals surface area (Å²) in [6.07, 6.45) is -2.57. The van der Waals surface area contributed by atoms with Gasteiger partial charge < -0.3 is 16.0 Å². The van der Waals surface area contributed by atoms with Crippen molar-refractivity contribution in [3.05, 3.63) is 53.9 Å². The molecule has 0 fully saturated rings. The first kappa shape index (κ1) is 20.5. The van der Waals surface area contributed by atoms with Crippen LogP contribution < -0.4 is 16.0 Å². The summed E-state index contributed by atoms with van der Waals surface area (Å²) in [6, 6.07) is 10.9. The minimum Gasteiger partial charge on any atom is -0.357 e. The van der Waals surface area contributed by atoms with Gasteiger partial charge in [0.15, 0.2) is 5.96 Å². The number of alkyl halides is 3. The fraction of sp³-hybridized carbons (Fsp3) is 0.389. The Balaban J connectivity index is 1.78. The number of nitrogens with zero attached hydrogens (tertiary/aromatic N) is 3. The molecule has 2 rings (SSSR count). The Kier molecular flexibility index (Phi) is 7.84. The summed E-state index contributed by atoms with van der Waals surface area (Å²) in [5.41, 5.74) is 0.240. The van der Waals surface area contributed by atoms with Crippen LogP contribution in [0.25, 0.3) is 0 Å². The number of aromatic nitrogens is 2. The molecule has 0 atom stereocenters. The van der Waals surface area contributed by atoms with Crippen LogP contribution in [0.5, 0.6) is 0 Å². The van der Waals surface area contributed by atoms with Crippen LogP contribution in [-0.4, -0.2) is 42.1 Å². The van der Waals surface area contributed by atoms with Gasteiger partial charge in [-0.25, -0.2) is 9.97 Å². The van der Waals surface area contributed by atoms with Crippen molar-refractivity contribution in [2.75, 3.05) is 31.5 Å². The van der Waals surface area contributed by atoms with E-state index >= 15 is 0 Å². The second kappa shape index (κ2) is 10.3. The number of nitrogens with one attached hydrogen (secondary N) is 3. The van der Waals surface area contributed by atoms with Gasteiger partial charge in [-0.15, -0.1) is 0 Å². The molecule has 0 radical (unpaired) electrons. The smallest absolute Gasteiger partial charge is 0.357 e. The van der Waals surface area contributed by atoms with Crippen molar-refractivity contribution in [1.29, 1.82) is 0 Å². The van der Waals surface area contributed by atoms with Crippen LogP contribution in [0.3, 0.4) is 0 Å². The monoisotopic (exact) mass is 380 g/mol. The third kappa shape index (κ3) is 7.51. The molecule has 1 aromatic carbocycles. The van der Waals surface area contributed by atoms with E-state index in [1.807, 2.05) is 25.1 Å². The average molecular weight is 380 g/mol. The van der Waals surface area contributed by atoms with Crippen LogP contribution >= 0.6 is 0 Å². The Hall–Kier alpha value is -2.84. The lowest BCUT2D eigenvalue weighted by Crippen LogP contribution is -2.39. The van der Waals surface area contributed by atoms with Gasteiger partial charge in [-0.2, -0.15) is 13.2 Å². The maximum atomic E-state index is 12.6. The van der Waals surface area contributed by atoms with Gasteiger partial charge >= 0.3 is 6.18 Å². The van der Waals surface area contributed by atoms with Gasteiger partial charge in [0.2, 0.25) is 5.95 Å². The summed E-state index contributed by atoms with van der Waals surface area (Å²) in [7, 11) is 0. The summed E-state index contributed by atoms with van der Waals surface area (Å²) in [4.78, 5) is 11.7. The van der Waals surface area contributed by atoms with E-state index in [0.717, 1.165) is 18.7 Å². The number of hydrogen-bond donors (Lipinski definition) is 3. The molecule has 1 heterocycles. The van der Waals surface area contributed by atoms with Crippen LogP contribution in [0.15, 0.2) is 47.6 Å².